The third-order valence-corrected chi connectivity index (χ3v) is 4.77. The normalized spacial score (nSPS) is 17.2. The molecule has 3 N–H and O–H groups in total. The Morgan fingerprint density at radius 3 is 2.88 bits per heavy atom. The lowest BCUT2D eigenvalue weighted by Gasteiger charge is -2.32. The van der Waals surface area contributed by atoms with Crippen molar-refractivity contribution in [1.29, 1.82) is 0 Å². The Morgan fingerprint density at radius 1 is 1.52 bits per heavy atom. The minimum Gasteiger partial charge on any atom is -0.433 e. The van der Waals surface area contributed by atoms with Crippen molar-refractivity contribution in [3.63, 3.8) is 0 Å². The average molecular weight is 398 g/mol. The Kier molecular flexibility index (Phi) is 8.54. The van der Waals surface area contributed by atoms with E-state index in [2.05, 4.69) is 10.1 Å². The van der Waals surface area contributed by atoms with Crippen molar-refractivity contribution in [1.82, 2.24) is 10.2 Å². The predicted molar refractivity (Wildman–Crippen MR) is 93.6 cm³/mol. The number of piperidine rings is 1. The number of amides is 2. The van der Waals surface area contributed by atoms with E-state index >= 15 is 0 Å². The van der Waals surface area contributed by atoms with Crippen LogP contribution in [0.25, 0.3) is 0 Å². The maximum atomic E-state index is 12.7. The van der Waals surface area contributed by atoms with Gasteiger partial charge in [0.25, 0.3) is 5.91 Å². The Bertz CT molecular complexity index is 601. The van der Waals surface area contributed by atoms with E-state index in [1.54, 1.807) is 6.92 Å². The number of nitrogens with one attached hydrogen (secondary N) is 1. The molecule has 1 fully saturated rings. The molecule has 1 aromatic rings. The largest absolute Gasteiger partial charge is 0.433 e. The van der Waals surface area contributed by atoms with E-state index in [4.69, 9.17) is 5.73 Å². The molecule has 142 valence electrons. The van der Waals surface area contributed by atoms with Crippen molar-refractivity contribution in [3.8, 4) is 5.75 Å². The zero-order valence-corrected chi connectivity index (χ0v) is 15.4. The summed E-state index contributed by atoms with van der Waals surface area (Å²) >= 11 is 1.11. The summed E-state index contributed by atoms with van der Waals surface area (Å²) in [5.74, 6) is -0.925. The summed E-state index contributed by atoms with van der Waals surface area (Å²) in [7, 11) is 0. The number of hydrogen-bond donors (Lipinski definition) is 2. The van der Waals surface area contributed by atoms with Crippen molar-refractivity contribution in [2.75, 3.05) is 26.2 Å². The molecule has 25 heavy (non-hydrogen) atoms. The molecule has 1 atom stereocenters. The van der Waals surface area contributed by atoms with Crippen LogP contribution in [-0.2, 0) is 4.79 Å². The van der Waals surface area contributed by atoms with Crippen LogP contribution in [0, 0.1) is 12.8 Å². The monoisotopic (exact) mass is 397 g/mol. The van der Waals surface area contributed by atoms with Crippen LogP contribution < -0.4 is 15.8 Å². The topological polar surface area (TPSA) is 84.7 Å². The lowest BCUT2D eigenvalue weighted by molar-refractivity contribution is -0.126. The van der Waals surface area contributed by atoms with E-state index in [-0.39, 0.29) is 47.3 Å². The van der Waals surface area contributed by atoms with Gasteiger partial charge >= 0.3 is 6.61 Å². The molecular weight excluding hydrogens is 376 g/mol. The first kappa shape index (κ1) is 21.6. The number of nitrogens with two attached hydrogens (primary N) is 1. The Labute approximate surface area is 155 Å². The zero-order chi connectivity index (χ0) is 17.7. The molecule has 0 aromatic carbocycles. The summed E-state index contributed by atoms with van der Waals surface area (Å²) in [4.78, 5) is 27.1. The molecule has 10 heteroatoms. The summed E-state index contributed by atoms with van der Waals surface area (Å²) in [5.41, 5.74) is 5.36. The lowest BCUT2D eigenvalue weighted by Crippen LogP contribution is -2.46. The van der Waals surface area contributed by atoms with Gasteiger partial charge in [-0.2, -0.15) is 8.78 Å². The van der Waals surface area contributed by atoms with Crippen molar-refractivity contribution in [3.05, 3.63) is 15.8 Å². The molecule has 1 aromatic heterocycles. The van der Waals surface area contributed by atoms with Crippen molar-refractivity contribution >= 4 is 35.6 Å². The van der Waals surface area contributed by atoms with Gasteiger partial charge in [0.2, 0.25) is 5.91 Å². The van der Waals surface area contributed by atoms with E-state index in [9.17, 15) is 18.4 Å². The maximum Gasteiger partial charge on any atom is 0.387 e. The fourth-order valence-electron chi connectivity index (χ4n) is 2.68. The van der Waals surface area contributed by atoms with Crippen LogP contribution in [-0.4, -0.2) is 49.5 Å². The average Bonchev–Trinajstić information content (AvgIpc) is 2.91. The van der Waals surface area contributed by atoms with Crippen LogP contribution in [0.2, 0.25) is 0 Å². The summed E-state index contributed by atoms with van der Waals surface area (Å²) in [6.07, 6.45) is 1.37. The Morgan fingerprint density at radius 2 is 2.24 bits per heavy atom. The molecule has 0 bridgehead atoms. The molecule has 0 saturated carbocycles. The predicted octanol–water partition coefficient (Wildman–Crippen LogP) is 2.01. The van der Waals surface area contributed by atoms with Crippen LogP contribution in [0.3, 0.4) is 0 Å². The second-order valence-corrected chi connectivity index (χ2v) is 6.86. The van der Waals surface area contributed by atoms with Crippen LogP contribution in [0.4, 0.5) is 8.78 Å². The van der Waals surface area contributed by atoms with Gasteiger partial charge in [-0.05, 0) is 25.8 Å². The molecule has 0 radical (unpaired) electrons. The number of likely N-dealkylation sites (tertiary alicyclic amines) is 1. The molecular formula is C15H22ClF2N3O3S. The molecule has 0 aliphatic carbocycles. The van der Waals surface area contributed by atoms with Gasteiger partial charge in [0.1, 0.15) is 10.6 Å². The Hall–Kier alpha value is -1.45. The van der Waals surface area contributed by atoms with E-state index in [0.29, 0.717) is 37.4 Å². The number of hydrogen-bond acceptors (Lipinski definition) is 5. The molecule has 1 unspecified atom stereocenters. The number of thiophene rings is 1. The zero-order valence-electron chi connectivity index (χ0n) is 13.8. The van der Waals surface area contributed by atoms with E-state index in [0.717, 1.165) is 11.3 Å². The standard InChI is InChI=1S/C15H21F2N3O3S.ClH/c1-9-7-11(23-15(16)17)12(24-9)14(22)20-6-2-3-10(8-20)13(21)19-5-4-18;/h7,10,15H,2-6,8,18H2,1H3,(H,19,21);1H. The summed E-state index contributed by atoms with van der Waals surface area (Å²) < 4.78 is 29.4. The smallest absolute Gasteiger partial charge is 0.387 e. The number of nitrogens with zero attached hydrogens (tertiary/aromatic N) is 1. The summed E-state index contributed by atoms with van der Waals surface area (Å²) in [6.45, 7) is 0.231. The number of halogens is 3. The SMILES string of the molecule is Cc1cc(OC(F)F)c(C(=O)N2CCCC(C(=O)NCCN)C2)s1.Cl. The number of aryl methyl sites for hydroxylation is 1. The molecule has 2 heterocycles. The van der Waals surface area contributed by atoms with Crippen molar-refractivity contribution in [2.45, 2.75) is 26.4 Å². The van der Waals surface area contributed by atoms with Crippen molar-refractivity contribution < 1.29 is 23.1 Å². The first-order chi connectivity index (χ1) is 11.4. The van der Waals surface area contributed by atoms with Gasteiger partial charge in [-0.1, -0.05) is 0 Å². The molecule has 1 aliphatic rings. The molecule has 2 rings (SSSR count). The number of ether oxygens (including phenoxy) is 1. The van der Waals surface area contributed by atoms with E-state index in [1.807, 2.05) is 0 Å². The van der Waals surface area contributed by atoms with Gasteiger partial charge in [-0.25, -0.2) is 0 Å². The minimum absolute atomic E-state index is 0. The lowest BCUT2D eigenvalue weighted by atomic mass is 9.97. The first-order valence-electron chi connectivity index (χ1n) is 7.74. The first-order valence-corrected chi connectivity index (χ1v) is 8.56. The van der Waals surface area contributed by atoms with Gasteiger partial charge in [-0.15, -0.1) is 23.7 Å². The fourth-order valence-corrected chi connectivity index (χ4v) is 3.59. The molecule has 2 amide bonds. The molecule has 1 saturated heterocycles. The Balaban J connectivity index is 0.00000312. The second kappa shape index (κ2) is 9.88. The summed E-state index contributed by atoms with van der Waals surface area (Å²) in [6, 6.07) is 1.43. The van der Waals surface area contributed by atoms with Gasteiger partial charge in [0.15, 0.2) is 0 Å². The minimum atomic E-state index is -2.98. The van der Waals surface area contributed by atoms with Gasteiger partial charge in [0.05, 0.1) is 5.92 Å². The fraction of sp³-hybridized carbons (Fsp3) is 0.600. The highest BCUT2D eigenvalue weighted by molar-refractivity contribution is 7.14. The van der Waals surface area contributed by atoms with Gasteiger partial charge < -0.3 is 20.7 Å². The number of rotatable bonds is 6. The van der Waals surface area contributed by atoms with E-state index < -0.39 is 6.61 Å². The van der Waals surface area contributed by atoms with Gasteiger partial charge in [-0.3, -0.25) is 9.59 Å². The van der Waals surface area contributed by atoms with Crippen LogP contribution in [0.5, 0.6) is 5.75 Å². The maximum absolute atomic E-state index is 12.7. The molecule has 1 aliphatic heterocycles. The third kappa shape index (κ3) is 5.79. The number of carbonyl (C=O) groups excluding carboxylic acids is 2. The highest BCUT2D eigenvalue weighted by Gasteiger charge is 2.31. The molecule has 0 spiro atoms. The number of carbonyl (C=O) groups is 2. The van der Waals surface area contributed by atoms with Crippen LogP contribution in [0.1, 0.15) is 27.4 Å². The number of alkyl halides is 2. The van der Waals surface area contributed by atoms with E-state index in [1.165, 1.54) is 11.0 Å². The summed E-state index contributed by atoms with van der Waals surface area (Å²) in [5, 5.41) is 2.72. The second-order valence-electron chi connectivity index (χ2n) is 5.60. The quantitative estimate of drug-likeness (QED) is 0.769. The van der Waals surface area contributed by atoms with Crippen LogP contribution >= 0.6 is 23.7 Å². The van der Waals surface area contributed by atoms with Crippen LogP contribution in [0.15, 0.2) is 6.07 Å². The van der Waals surface area contributed by atoms with Gasteiger partial charge in [0, 0.05) is 31.1 Å². The van der Waals surface area contributed by atoms with Crippen molar-refractivity contribution in [2.24, 2.45) is 11.7 Å². The highest BCUT2D eigenvalue weighted by atomic mass is 35.5. The molecule has 6 nitrogen and oxygen atoms in total. The third-order valence-electron chi connectivity index (χ3n) is 3.75. The highest BCUT2D eigenvalue weighted by Crippen LogP contribution is 2.32.